The molecule has 0 heterocycles. The van der Waals surface area contributed by atoms with Crippen molar-refractivity contribution in [2.24, 2.45) is 5.84 Å². The highest BCUT2D eigenvalue weighted by molar-refractivity contribution is 6.30. The molecule has 0 saturated carbocycles. The lowest BCUT2D eigenvalue weighted by Crippen LogP contribution is -2.30. The van der Waals surface area contributed by atoms with Crippen LogP contribution in [0.3, 0.4) is 0 Å². The number of nitrogens with two attached hydrogens (primary N) is 1. The van der Waals surface area contributed by atoms with Crippen molar-refractivity contribution in [3.05, 3.63) is 69.7 Å². The van der Waals surface area contributed by atoms with E-state index in [0.29, 0.717) is 17.0 Å². The minimum atomic E-state index is -0.595. The van der Waals surface area contributed by atoms with Crippen molar-refractivity contribution in [3.63, 3.8) is 0 Å². The molecule has 3 N–H and O–H groups in total. The summed E-state index contributed by atoms with van der Waals surface area (Å²) in [5.74, 6) is 4.39. The maximum Gasteiger partial charge on any atom is 0.129 e. The maximum atomic E-state index is 13.7. The summed E-state index contributed by atoms with van der Waals surface area (Å²) in [6, 6.07) is 8.69. The van der Waals surface area contributed by atoms with Crippen LogP contribution in [0, 0.1) is 18.6 Å². The third kappa shape index (κ3) is 3.33. The fraction of sp³-hybridized carbons (Fsp3) is 0.200. The van der Waals surface area contributed by atoms with Gasteiger partial charge in [0.25, 0.3) is 0 Å². The summed E-state index contributed by atoms with van der Waals surface area (Å²) >= 11 is 5.98. The standard InChI is InChI=1S/C15H15ClF2N2/c1-9-2-4-11(16)7-13(9)15(20-19)6-10-3-5-12(17)8-14(10)18/h2-5,7-8,15,20H,6,19H2,1H3. The van der Waals surface area contributed by atoms with E-state index in [1.165, 1.54) is 12.1 Å². The van der Waals surface area contributed by atoms with Crippen LogP contribution in [0.2, 0.25) is 5.02 Å². The van der Waals surface area contributed by atoms with Crippen LogP contribution in [0.15, 0.2) is 36.4 Å². The highest BCUT2D eigenvalue weighted by Gasteiger charge is 2.16. The molecule has 1 unspecified atom stereocenters. The lowest BCUT2D eigenvalue weighted by molar-refractivity contribution is 0.520. The molecule has 0 saturated heterocycles. The summed E-state index contributed by atoms with van der Waals surface area (Å²) in [5, 5.41) is 0.588. The largest absolute Gasteiger partial charge is 0.271 e. The number of halogens is 3. The molecule has 1 atom stereocenters. The number of hydrogen-bond donors (Lipinski definition) is 2. The van der Waals surface area contributed by atoms with Gasteiger partial charge in [-0.15, -0.1) is 0 Å². The molecule has 0 aliphatic heterocycles. The Kier molecular flexibility index (Phi) is 4.70. The first-order chi connectivity index (χ1) is 9.51. The van der Waals surface area contributed by atoms with Crippen molar-refractivity contribution in [2.75, 3.05) is 0 Å². The molecule has 2 nitrogen and oxygen atoms in total. The molecular weight excluding hydrogens is 282 g/mol. The van der Waals surface area contributed by atoms with Gasteiger partial charge in [0.1, 0.15) is 11.6 Å². The van der Waals surface area contributed by atoms with Gasteiger partial charge in [0.2, 0.25) is 0 Å². The van der Waals surface area contributed by atoms with E-state index in [0.717, 1.165) is 17.2 Å². The zero-order chi connectivity index (χ0) is 14.7. The number of hydrogen-bond acceptors (Lipinski definition) is 2. The molecule has 2 aromatic rings. The van der Waals surface area contributed by atoms with Crippen LogP contribution < -0.4 is 11.3 Å². The number of rotatable bonds is 4. The van der Waals surface area contributed by atoms with Crippen LogP contribution in [0.1, 0.15) is 22.7 Å². The third-order valence-corrected chi connectivity index (χ3v) is 3.49. The molecule has 0 radical (unpaired) electrons. The SMILES string of the molecule is Cc1ccc(Cl)cc1C(Cc1ccc(F)cc1F)NN. The zero-order valence-electron chi connectivity index (χ0n) is 11.0. The van der Waals surface area contributed by atoms with Crippen LogP contribution in [-0.4, -0.2) is 0 Å². The first-order valence-corrected chi connectivity index (χ1v) is 6.55. The summed E-state index contributed by atoms with van der Waals surface area (Å²) in [7, 11) is 0. The number of benzene rings is 2. The van der Waals surface area contributed by atoms with Crippen LogP contribution >= 0.6 is 11.6 Å². The first kappa shape index (κ1) is 14.9. The molecule has 0 aliphatic rings. The van der Waals surface area contributed by atoms with E-state index < -0.39 is 11.6 Å². The lowest BCUT2D eigenvalue weighted by Gasteiger charge is -2.19. The molecule has 0 bridgehead atoms. The normalized spacial score (nSPS) is 12.4. The van der Waals surface area contributed by atoms with Gasteiger partial charge in [-0.1, -0.05) is 23.7 Å². The minimum absolute atomic E-state index is 0.298. The Morgan fingerprint density at radius 1 is 1.20 bits per heavy atom. The van der Waals surface area contributed by atoms with Gasteiger partial charge in [-0.25, -0.2) is 8.78 Å². The van der Waals surface area contributed by atoms with Gasteiger partial charge in [-0.05, 0) is 48.2 Å². The van der Waals surface area contributed by atoms with E-state index in [2.05, 4.69) is 5.43 Å². The molecule has 0 aliphatic carbocycles. The molecular formula is C15H15ClF2N2. The highest BCUT2D eigenvalue weighted by Crippen LogP contribution is 2.25. The fourth-order valence-corrected chi connectivity index (χ4v) is 2.33. The molecule has 20 heavy (non-hydrogen) atoms. The summed E-state index contributed by atoms with van der Waals surface area (Å²) in [6.45, 7) is 1.93. The molecule has 0 fully saturated rings. The van der Waals surface area contributed by atoms with E-state index >= 15 is 0 Å². The van der Waals surface area contributed by atoms with Gasteiger partial charge >= 0.3 is 0 Å². The highest BCUT2D eigenvalue weighted by atomic mass is 35.5. The van der Waals surface area contributed by atoms with Crippen molar-refractivity contribution < 1.29 is 8.78 Å². The first-order valence-electron chi connectivity index (χ1n) is 6.17. The van der Waals surface area contributed by atoms with Gasteiger partial charge in [0.15, 0.2) is 0 Å². The van der Waals surface area contributed by atoms with Gasteiger partial charge in [0.05, 0.1) is 6.04 Å². The Balaban J connectivity index is 2.31. The predicted octanol–water partition coefficient (Wildman–Crippen LogP) is 3.67. The van der Waals surface area contributed by atoms with Crippen LogP contribution in [0.4, 0.5) is 8.78 Å². The second-order valence-electron chi connectivity index (χ2n) is 4.66. The number of hydrazine groups is 1. The van der Waals surface area contributed by atoms with Gasteiger partial charge < -0.3 is 0 Å². The van der Waals surface area contributed by atoms with Crippen molar-refractivity contribution in [3.8, 4) is 0 Å². The van der Waals surface area contributed by atoms with E-state index in [9.17, 15) is 8.78 Å². The Hall–Kier alpha value is -1.49. The number of nitrogens with one attached hydrogen (secondary N) is 1. The molecule has 5 heteroatoms. The molecule has 0 aromatic heterocycles. The second kappa shape index (κ2) is 6.31. The molecule has 2 aromatic carbocycles. The van der Waals surface area contributed by atoms with Gasteiger partial charge in [0, 0.05) is 11.1 Å². The maximum absolute atomic E-state index is 13.7. The fourth-order valence-electron chi connectivity index (χ4n) is 2.15. The molecule has 2 rings (SSSR count). The summed E-state index contributed by atoms with van der Waals surface area (Å²) < 4.78 is 26.6. The van der Waals surface area contributed by atoms with Gasteiger partial charge in [-0.3, -0.25) is 11.3 Å². The van der Waals surface area contributed by atoms with E-state index in [1.807, 2.05) is 13.0 Å². The Morgan fingerprint density at radius 2 is 1.95 bits per heavy atom. The van der Waals surface area contributed by atoms with Crippen LogP contribution in [0.5, 0.6) is 0 Å². The number of aryl methyl sites for hydroxylation is 1. The van der Waals surface area contributed by atoms with Crippen LogP contribution in [0.25, 0.3) is 0 Å². The molecule has 0 spiro atoms. The lowest BCUT2D eigenvalue weighted by atomic mass is 9.95. The summed E-state index contributed by atoms with van der Waals surface area (Å²) in [5.41, 5.74) is 4.95. The molecule has 0 amide bonds. The van der Waals surface area contributed by atoms with E-state index in [-0.39, 0.29) is 6.04 Å². The van der Waals surface area contributed by atoms with Gasteiger partial charge in [-0.2, -0.15) is 0 Å². The molecule has 106 valence electrons. The predicted molar refractivity (Wildman–Crippen MR) is 76.3 cm³/mol. The van der Waals surface area contributed by atoms with Crippen molar-refractivity contribution in [2.45, 2.75) is 19.4 Å². The van der Waals surface area contributed by atoms with Crippen molar-refractivity contribution >= 4 is 11.6 Å². The topological polar surface area (TPSA) is 38.0 Å². The van der Waals surface area contributed by atoms with Crippen LogP contribution in [-0.2, 0) is 6.42 Å². The van der Waals surface area contributed by atoms with E-state index in [1.54, 1.807) is 12.1 Å². The summed E-state index contributed by atoms with van der Waals surface area (Å²) in [6.07, 6.45) is 0.309. The Bertz CT molecular complexity index is 617. The Labute approximate surface area is 121 Å². The second-order valence-corrected chi connectivity index (χ2v) is 5.10. The minimum Gasteiger partial charge on any atom is -0.271 e. The quantitative estimate of drug-likeness (QED) is 0.667. The average Bonchev–Trinajstić information content (AvgIpc) is 2.41. The van der Waals surface area contributed by atoms with E-state index in [4.69, 9.17) is 17.4 Å². The van der Waals surface area contributed by atoms with Crippen molar-refractivity contribution in [1.29, 1.82) is 0 Å². The summed E-state index contributed by atoms with van der Waals surface area (Å²) in [4.78, 5) is 0. The third-order valence-electron chi connectivity index (χ3n) is 3.26. The van der Waals surface area contributed by atoms with Crippen molar-refractivity contribution in [1.82, 2.24) is 5.43 Å². The Morgan fingerprint density at radius 3 is 2.60 bits per heavy atom. The smallest absolute Gasteiger partial charge is 0.129 e. The zero-order valence-corrected chi connectivity index (χ0v) is 11.7. The monoisotopic (exact) mass is 296 g/mol. The average molecular weight is 297 g/mol.